The van der Waals surface area contributed by atoms with Crippen LogP contribution in [0.4, 0.5) is 5.69 Å². The van der Waals surface area contributed by atoms with Crippen LogP contribution in [0, 0.1) is 0 Å². The lowest BCUT2D eigenvalue weighted by atomic mass is 10.0. The number of hydrogen-bond acceptors (Lipinski definition) is 5. The Hall–Kier alpha value is -1.92. The first-order valence-electron chi connectivity index (χ1n) is 8.01. The number of carbonyl (C=O) groups excluding carboxylic acids is 1. The van der Waals surface area contributed by atoms with E-state index in [-0.39, 0.29) is 11.9 Å². The second kappa shape index (κ2) is 7.57. The number of para-hydroxylation sites is 1. The highest BCUT2D eigenvalue weighted by molar-refractivity contribution is 7.09. The van der Waals surface area contributed by atoms with Gasteiger partial charge in [-0.2, -0.15) is 0 Å². The van der Waals surface area contributed by atoms with E-state index in [4.69, 9.17) is 5.73 Å². The molecule has 122 valence electrons. The number of piperidine rings is 1. The Labute approximate surface area is 140 Å². The van der Waals surface area contributed by atoms with Gasteiger partial charge in [0.25, 0.3) is 5.91 Å². The lowest BCUT2D eigenvalue weighted by molar-refractivity contribution is 0.0926. The number of aromatic nitrogens is 1. The van der Waals surface area contributed by atoms with Crippen LogP contribution in [0.3, 0.4) is 0 Å². The second-order valence-electron chi connectivity index (χ2n) is 5.74. The van der Waals surface area contributed by atoms with E-state index >= 15 is 0 Å². The van der Waals surface area contributed by atoms with Crippen LogP contribution >= 0.6 is 11.3 Å². The van der Waals surface area contributed by atoms with E-state index in [1.807, 2.05) is 11.4 Å². The SMILES string of the molecule is NCCc1nc(C(=O)NC2CCN(c3ccccc3)CC2)cs1. The number of carbonyl (C=O) groups is 1. The van der Waals surface area contributed by atoms with Gasteiger partial charge in [-0.25, -0.2) is 4.98 Å². The van der Waals surface area contributed by atoms with Crippen LogP contribution in [0.15, 0.2) is 35.7 Å². The Balaban J connectivity index is 1.51. The number of anilines is 1. The fourth-order valence-electron chi connectivity index (χ4n) is 2.83. The summed E-state index contributed by atoms with van der Waals surface area (Å²) in [7, 11) is 0. The van der Waals surface area contributed by atoms with E-state index < -0.39 is 0 Å². The Kier molecular flexibility index (Phi) is 5.25. The van der Waals surface area contributed by atoms with E-state index in [9.17, 15) is 4.79 Å². The normalized spacial score (nSPS) is 15.6. The smallest absolute Gasteiger partial charge is 0.270 e. The molecule has 0 aliphatic carbocycles. The lowest BCUT2D eigenvalue weighted by Crippen LogP contribution is -2.44. The lowest BCUT2D eigenvalue weighted by Gasteiger charge is -2.33. The molecule has 3 N–H and O–H groups in total. The molecule has 0 unspecified atom stereocenters. The standard InChI is InChI=1S/C17H22N4OS/c18-9-6-16-20-15(12-23-16)17(22)19-13-7-10-21(11-8-13)14-4-2-1-3-5-14/h1-5,12-13H,6-11,18H2,(H,19,22). The van der Waals surface area contributed by atoms with Gasteiger partial charge < -0.3 is 16.0 Å². The maximum atomic E-state index is 12.3. The summed E-state index contributed by atoms with van der Waals surface area (Å²) in [5, 5.41) is 5.86. The van der Waals surface area contributed by atoms with Gasteiger partial charge in [0.1, 0.15) is 5.69 Å². The van der Waals surface area contributed by atoms with Crippen molar-refractivity contribution >= 4 is 22.9 Å². The molecule has 2 aromatic rings. The van der Waals surface area contributed by atoms with Crippen LogP contribution < -0.4 is 16.0 Å². The summed E-state index contributed by atoms with van der Waals surface area (Å²) < 4.78 is 0. The highest BCUT2D eigenvalue weighted by Crippen LogP contribution is 2.20. The minimum absolute atomic E-state index is 0.0670. The number of amides is 1. The minimum Gasteiger partial charge on any atom is -0.371 e. The molecule has 3 rings (SSSR count). The van der Waals surface area contributed by atoms with E-state index in [0.717, 1.165) is 37.4 Å². The van der Waals surface area contributed by atoms with Crippen molar-refractivity contribution in [1.29, 1.82) is 0 Å². The van der Waals surface area contributed by atoms with Gasteiger partial charge >= 0.3 is 0 Å². The van der Waals surface area contributed by atoms with Gasteiger partial charge in [-0.1, -0.05) is 18.2 Å². The second-order valence-corrected chi connectivity index (χ2v) is 6.68. The molecule has 5 nitrogen and oxygen atoms in total. The van der Waals surface area contributed by atoms with Gasteiger partial charge in [-0.3, -0.25) is 4.79 Å². The molecule has 0 atom stereocenters. The molecule has 0 saturated carbocycles. The summed E-state index contributed by atoms with van der Waals surface area (Å²) >= 11 is 1.50. The maximum absolute atomic E-state index is 12.3. The zero-order chi connectivity index (χ0) is 16.1. The van der Waals surface area contributed by atoms with Gasteiger partial charge in [0.2, 0.25) is 0 Å². The van der Waals surface area contributed by atoms with Gasteiger partial charge in [-0.05, 0) is 31.5 Å². The Morgan fingerprint density at radius 2 is 2.04 bits per heavy atom. The van der Waals surface area contributed by atoms with Crippen molar-refractivity contribution < 1.29 is 4.79 Å². The molecule has 1 aromatic carbocycles. The molecule has 23 heavy (non-hydrogen) atoms. The molecular weight excluding hydrogens is 308 g/mol. The van der Waals surface area contributed by atoms with Crippen molar-refractivity contribution in [2.45, 2.75) is 25.3 Å². The first-order valence-corrected chi connectivity index (χ1v) is 8.89. The molecule has 1 fully saturated rings. The maximum Gasteiger partial charge on any atom is 0.270 e. The van der Waals surface area contributed by atoms with Crippen molar-refractivity contribution in [2.75, 3.05) is 24.5 Å². The zero-order valence-corrected chi connectivity index (χ0v) is 13.9. The van der Waals surface area contributed by atoms with Crippen molar-refractivity contribution in [1.82, 2.24) is 10.3 Å². The molecule has 1 aromatic heterocycles. The van der Waals surface area contributed by atoms with Crippen LogP contribution in [0.1, 0.15) is 28.3 Å². The number of benzene rings is 1. The van der Waals surface area contributed by atoms with Crippen LogP contribution in [-0.2, 0) is 6.42 Å². The van der Waals surface area contributed by atoms with Crippen molar-refractivity contribution in [3.63, 3.8) is 0 Å². The Morgan fingerprint density at radius 3 is 2.74 bits per heavy atom. The number of thiazole rings is 1. The molecular formula is C17H22N4OS. The minimum atomic E-state index is -0.0670. The summed E-state index contributed by atoms with van der Waals surface area (Å²) in [5.41, 5.74) is 7.29. The van der Waals surface area contributed by atoms with Crippen LogP contribution in [-0.4, -0.2) is 36.6 Å². The average molecular weight is 330 g/mol. The van der Waals surface area contributed by atoms with Gasteiger partial charge in [0.15, 0.2) is 0 Å². The molecule has 0 spiro atoms. The average Bonchev–Trinajstić information content (AvgIpc) is 3.06. The summed E-state index contributed by atoms with van der Waals surface area (Å²) in [5.74, 6) is -0.0670. The summed E-state index contributed by atoms with van der Waals surface area (Å²) in [6.07, 6.45) is 2.65. The highest BCUT2D eigenvalue weighted by atomic mass is 32.1. The number of rotatable bonds is 5. The molecule has 1 aliphatic rings. The third-order valence-electron chi connectivity index (χ3n) is 4.09. The molecule has 1 amide bonds. The summed E-state index contributed by atoms with van der Waals surface area (Å²) in [6, 6.07) is 10.6. The van der Waals surface area contributed by atoms with Crippen LogP contribution in [0.5, 0.6) is 0 Å². The van der Waals surface area contributed by atoms with Gasteiger partial charge in [-0.15, -0.1) is 11.3 Å². The highest BCUT2D eigenvalue weighted by Gasteiger charge is 2.22. The van der Waals surface area contributed by atoms with Gasteiger partial charge in [0, 0.05) is 36.6 Å². The van der Waals surface area contributed by atoms with E-state index in [1.54, 1.807) is 0 Å². The first-order chi connectivity index (χ1) is 11.3. The quantitative estimate of drug-likeness (QED) is 0.880. The topological polar surface area (TPSA) is 71.2 Å². The van der Waals surface area contributed by atoms with E-state index in [1.165, 1.54) is 17.0 Å². The third-order valence-corrected chi connectivity index (χ3v) is 5.00. The largest absolute Gasteiger partial charge is 0.371 e. The van der Waals surface area contributed by atoms with E-state index in [0.29, 0.717) is 12.2 Å². The Bertz CT molecular complexity index is 635. The fourth-order valence-corrected chi connectivity index (χ4v) is 3.63. The number of nitrogens with zero attached hydrogens (tertiary/aromatic N) is 2. The molecule has 1 saturated heterocycles. The first kappa shape index (κ1) is 16.0. The third kappa shape index (κ3) is 4.09. The number of hydrogen-bond donors (Lipinski definition) is 2. The fraction of sp³-hybridized carbons (Fsp3) is 0.412. The predicted octanol–water partition coefficient (Wildman–Crippen LogP) is 2.04. The monoisotopic (exact) mass is 330 g/mol. The summed E-state index contributed by atoms with van der Waals surface area (Å²) in [4.78, 5) is 19.0. The van der Waals surface area contributed by atoms with Crippen molar-refractivity contribution in [3.8, 4) is 0 Å². The predicted molar refractivity (Wildman–Crippen MR) is 94.0 cm³/mol. The van der Waals surface area contributed by atoms with Gasteiger partial charge in [0.05, 0.1) is 5.01 Å². The molecule has 1 aliphatic heterocycles. The number of nitrogens with one attached hydrogen (secondary N) is 1. The van der Waals surface area contributed by atoms with Crippen molar-refractivity contribution in [2.24, 2.45) is 5.73 Å². The molecule has 6 heteroatoms. The van der Waals surface area contributed by atoms with Crippen molar-refractivity contribution in [3.05, 3.63) is 46.4 Å². The molecule has 0 bridgehead atoms. The number of nitrogens with two attached hydrogens (primary N) is 1. The summed E-state index contributed by atoms with van der Waals surface area (Å²) in [6.45, 7) is 2.49. The van der Waals surface area contributed by atoms with Crippen LogP contribution in [0.2, 0.25) is 0 Å². The molecule has 2 heterocycles. The Morgan fingerprint density at radius 1 is 1.30 bits per heavy atom. The van der Waals surface area contributed by atoms with Crippen LogP contribution in [0.25, 0.3) is 0 Å². The zero-order valence-electron chi connectivity index (χ0n) is 13.1. The molecule has 0 radical (unpaired) electrons. The van der Waals surface area contributed by atoms with E-state index in [2.05, 4.69) is 39.5 Å².